The molecule has 1 rings (SSSR count). The Balaban J connectivity index is 0.000001000. The minimum Gasteiger partial charge on any atom is -0.550 e. The Hall–Kier alpha value is 0.0274. The summed E-state index contributed by atoms with van der Waals surface area (Å²) in [5.41, 5.74) is 0.111. The molecule has 0 aliphatic carbocycles. The van der Waals surface area contributed by atoms with Crippen molar-refractivity contribution < 1.29 is 33.5 Å². The van der Waals surface area contributed by atoms with Crippen LogP contribution < -0.4 is 24.0 Å². The van der Waals surface area contributed by atoms with Gasteiger partial charge < -0.3 is 14.6 Å². The van der Waals surface area contributed by atoms with Crippen LogP contribution in [0.4, 0.5) is 0 Å². The third kappa shape index (κ3) is 3.28. The average molecular weight is 150 g/mol. The van der Waals surface area contributed by atoms with Gasteiger partial charge in [-0.1, -0.05) is 6.92 Å². The van der Waals surface area contributed by atoms with Crippen molar-refractivity contribution in [1.82, 2.24) is 0 Å². The number of carboxylic acid groups (broad SMARTS) is 1. The summed E-state index contributed by atoms with van der Waals surface area (Å²) in [6, 6.07) is 0. The van der Waals surface area contributed by atoms with E-state index < -0.39 is 5.97 Å². The molecule has 0 amide bonds. The second-order valence-electron chi connectivity index (χ2n) is 3.18. The number of aliphatic carboxylic acids is 1. The van der Waals surface area contributed by atoms with Crippen LogP contribution in [0.3, 0.4) is 0 Å². The SMILES string of the molecule is CC1(CCC(=O)[O-])COC1.[Li+]. The zero-order valence-corrected chi connectivity index (χ0v) is 7.05. The third-order valence-electron chi connectivity index (χ3n) is 1.83. The van der Waals surface area contributed by atoms with Crippen molar-refractivity contribution in [3.63, 3.8) is 0 Å². The number of hydrogen-bond acceptors (Lipinski definition) is 3. The van der Waals surface area contributed by atoms with Crippen LogP contribution in [-0.4, -0.2) is 19.2 Å². The van der Waals surface area contributed by atoms with Gasteiger partial charge in [0.15, 0.2) is 0 Å². The van der Waals surface area contributed by atoms with Crippen molar-refractivity contribution in [3.05, 3.63) is 0 Å². The zero-order valence-electron chi connectivity index (χ0n) is 7.05. The molecular formula is C7H11LiO3. The van der Waals surface area contributed by atoms with E-state index >= 15 is 0 Å². The summed E-state index contributed by atoms with van der Waals surface area (Å²) >= 11 is 0. The maximum absolute atomic E-state index is 10.0. The molecule has 1 saturated heterocycles. The summed E-state index contributed by atoms with van der Waals surface area (Å²) in [5.74, 6) is -0.965. The molecule has 0 aromatic heterocycles. The standard InChI is InChI=1S/C7H12O3.Li/c1-7(4-10-5-7)3-2-6(8)9;/h2-5H2,1H3,(H,8,9);/q;+1/p-1. The Morgan fingerprint density at radius 2 is 2.18 bits per heavy atom. The molecule has 11 heavy (non-hydrogen) atoms. The first-order valence-corrected chi connectivity index (χ1v) is 3.40. The van der Waals surface area contributed by atoms with Gasteiger partial charge in [-0.2, -0.15) is 0 Å². The number of carboxylic acids is 1. The van der Waals surface area contributed by atoms with E-state index in [0.29, 0.717) is 19.6 Å². The second-order valence-corrected chi connectivity index (χ2v) is 3.18. The third-order valence-corrected chi connectivity index (χ3v) is 1.83. The molecule has 0 saturated carbocycles. The van der Waals surface area contributed by atoms with Crippen LogP contribution in [0.5, 0.6) is 0 Å². The predicted molar refractivity (Wildman–Crippen MR) is 33.2 cm³/mol. The van der Waals surface area contributed by atoms with Gasteiger partial charge in [0.25, 0.3) is 0 Å². The molecule has 0 radical (unpaired) electrons. The van der Waals surface area contributed by atoms with Crippen molar-refractivity contribution in [2.75, 3.05) is 13.2 Å². The van der Waals surface area contributed by atoms with Crippen LogP contribution in [0, 0.1) is 5.41 Å². The summed E-state index contributed by atoms with van der Waals surface area (Å²) in [6.07, 6.45) is 0.829. The first kappa shape index (κ1) is 11.0. The van der Waals surface area contributed by atoms with Crippen molar-refractivity contribution in [1.29, 1.82) is 0 Å². The Kier molecular flexibility index (Phi) is 4.16. The van der Waals surface area contributed by atoms with E-state index in [1.54, 1.807) is 0 Å². The fourth-order valence-electron chi connectivity index (χ4n) is 0.999. The van der Waals surface area contributed by atoms with Gasteiger partial charge in [-0.3, -0.25) is 0 Å². The molecule has 0 bridgehead atoms. The maximum atomic E-state index is 10.0. The van der Waals surface area contributed by atoms with Gasteiger partial charge in [0.05, 0.1) is 13.2 Å². The van der Waals surface area contributed by atoms with Crippen molar-refractivity contribution >= 4 is 5.97 Å². The molecule has 0 aromatic carbocycles. The quantitative estimate of drug-likeness (QED) is 0.393. The molecule has 0 aromatic rings. The van der Waals surface area contributed by atoms with E-state index in [1.807, 2.05) is 6.92 Å². The van der Waals surface area contributed by atoms with Gasteiger partial charge in [0.2, 0.25) is 0 Å². The first-order chi connectivity index (χ1) is 4.62. The largest absolute Gasteiger partial charge is 1.00 e. The summed E-state index contributed by atoms with van der Waals surface area (Å²) in [4.78, 5) is 10.0. The minimum absolute atomic E-state index is 0. The van der Waals surface area contributed by atoms with Crippen LogP contribution >= 0.6 is 0 Å². The van der Waals surface area contributed by atoms with Gasteiger partial charge in [-0.05, 0) is 12.8 Å². The van der Waals surface area contributed by atoms with Gasteiger partial charge >= 0.3 is 18.9 Å². The van der Waals surface area contributed by atoms with Gasteiger partial charge in [0.1, 0.15) is 0 Å². The summed E-state index contributed by atoms with van der Waals surface area (Å²) in [6.45, 7) is 3.42. The fraction of sp³-hybridized carbons (Fsp3) is 0.857. The normalized spacial score (nSPS) is 19.7. The number of carbonyl (C=O) groups excluding carboxylic acids is 1. The topological polar surface area (TPSA) is 49.4 Å². The molecular weight excluding hydrogens is 139 g/mol. The molecule has 0 N–H and O–H groups in total. The Labute approximate surface area is 78.3 Å². The van der Waals surface area contributed by atoms with E-state index in [-0.39, 0.29) is 30.7 Å². The zero-order chi connectivity index (χ0) is 7.61. The molecule has 3 nitrogen and oxygen atoms in total. The van der Waals surface area contributed by atoms with Gasteiger partial charge in [0, 0.05) is 11.4 Å². The average Bonchev–Trinajstić information content (AvgIpc) is 1.79. The smallest absolute Gasteiger partial charge is 0.550 e. The van der Waals surface area contributed by atoms with E-state index in [4.69, 9.17) is 4.74 Å². The molecule has 4 heteroatoms. The first-order valence-electron chi connectivity index (χ1n) is 3.40. The molecule has 0 spiro atoms. The van der Waals surface area contributed by atoms with Gasteiger partial charge in [-0.25, -0.2) is 0 Å². The van der Waals surface area contributed by atoms with Crippen molar-refractivity contribution in [2.45, 2.75) is 19.8 Å². The number of ether oxygens (including phenoxy) is 1. The Morgan fingerprint density at radius 3 is 2.45 bits per heavy atom. The van der Waals surface area contributed by atoms with Crippen LogP contribution in [0.2, 0.25) is 0 Å². The molecule has 1 aliphatic rings. The molecule has 1 fully saturated rings. The van der Waals surface area contributed by atoms with Crippen molar-refractivity contribution in [2.24, 2.45) is 5.41 Å². The second kappa shape index (κ2) is 4.15. The maximum Gasteiger partial charge on any atom is 1.00 e. The number of rotatable bonds is 3. The summed E-state index contributed by atoms with van der Waals surface area (Å²) in [5, 5.41) is 10.0. The van der Waals surface area contributed by atoms with Gasteiger partial charge in [-0.15, -0.1) is 0 Å². The van der Waals surface area contributed by atoms with E-state index in [0.717, 1.165) is 0 Å². The van der Waals surface area contributed by atoms with Crippen LogP contribution in [0.1, 0.15) is 19.8 Å². The van der Waals surface area contributed by atoms with Crippen LogP contribution in [-0.2, 0) is 9.53 Å². The van der Waals surface area contributed by atoms with E-state index in [1.165, 1.54) is 0 Å². The molecule has 1 heterocycles. The fourth-order valence-corrected chi connectivity index (χ4v) is 0.999. The summed E-state index contributed by atoms with van der Waals surface area (Å²) in [7, 11) is 0. The molecule has 58 valence electrons. The molecule has 0 atom stereocenters. The number of hydrogen-bond donors (Lipinski definition) is 0. The molecule has 1 aliphatic heterocycles. The monoisotopic (exact) mass is 150 g/mol. The van der Waals surface area contributed by atoms with Crippen LogP contribution in [0.25, 0.3) is 0 Å². The van der Waals surface area contributed by atoms with E-state index in [9.17, 15) is 9.90 Å². The Morgan fingerprint density at radius 1 is 1.64 bits per heavy atom. The minimum atomic E-state index is -0.965. The Bertz CT molecular complexity index is 143. The number of carbonyl (C=O) groups is 1. The predicted octanol–water partition coefficient (Wildman–Crippen LogP) is -3.44. The van der Waals surface area contributed by atoms with Crippen LogP contribution in [0.15, 0.2) is 0 Å². The van der Waals surface area contributed by atoms with E-state index in [2.05, 4.69) is 0 Å². The molecule has 0 unspecified atom stereocenters. The summed E-state index contributed by atoms with van der Waals surface area (Å²) < 4.78 is 4.96. The van der Waals surface area contributed by atoms with Crippen molar-refractivity contribution in [3.8, 4) is 0 Å².